The lowest BCUT2D eigenvalue weighted by atomic mass is 9.98. The zero-order valence-corrected chi connectivity index (χ0v) is 16.8. The van der Waals surface area contributed by atoms with Crippen LogP contribution in [0.1, 0.15) is 33.3 Å². The molecule has 0 saturated heterocycles. The van der Waals surface area contributed by atoms with Gasteiger partial charge in [0.1, 0.15) is 17.1 Å². The topological polar surface area (TPSA) is 70.8 Å². The lowest BCUT2D eigenvalue weighted by Gasteiger charge is -2.25. The molecule has 1 atom stereocenters. The summed E-state index contributed by atoms with van der Waals surface area (Å²) >= 11 is 6.07. The standard InChI is InChI=1S/C24H15ClFNO4/c25-15-5-10-19-18(11-15)22(29)20-21(14-3-8-17(28)9-4-14)27(24(30)23(20)31-19)12-13-1-6-16(26)7-2-13/h1-11,21,28H,12H2/t21-/m1/s1. The second kappa shape index (κ2) is 7.25. The number of halogens is 2. The minimum Gasteiger partial charge on any atom is -0.508 e. The zero-order valence-electron chi connectivity index (χ0n) is 16.0. The Bertz CT molecular complexity index is 1380. The molecular formula is C24H15ClFNO4. The van der Waals surface area contributed by atoms with Crippen molar-refractivity contribution in [3.63, 3.8) is 0 Å². The van der Waals surface area contributed by atoms with E-state index in [4.69, 9.17) is 16.0 Å². The summed E-state index contributed by atoms with van der Waals surface area (Å²) in [5, 5.41) is 10.4. The van der Waals surface area contributed by atoms with Gasteiger partial charge in [0.05, 0.1) is 17.0 Å². The first kappa shape index (κ1) is 19.3. The van der Waals surface area contributed by atoms with Gasteiger partial charge in [0.25, 0.3) is 5.91 Å². The summed E-state index contributed by atoms with van der Waals surface area (Å²) in [7, 11) is 0. The van der Waals surface area contributed by atoms with Gasteiger partial charge >= 0.3 is 0 Å². The number of hydrogen-bond acceptors (Lipinski definition) is 4. The molecule has 0 bridgehead atoms. The molecule has 5 nitrogen and oxygen atoms in total. The fourth-order valence-corrected chi connectivity index (χ4v) is 4.12. The van der Waals surface area contributed by atoms with Crippen LogP contribution in [0, 0.1) is 5.82 Å². The molecule has 1 aliphatic rings. The molecule has 1 N–H and O–H groups in total. The van der Waals surface area contributed by atoms with Crippen molar-refractivity contribution in [2.75, 3.05) is 0 Å². The number of rotatable bonds is 3. The van der Waals surface area contributed by atoms with Crippen molar-refractivity contribution in [2.24, 2.45) is 0 Å². The van der Waals surface area contributed by atoms with E-state index in [-0.39, 0.29) is 45.8 Å². The summed E-state index contributed by atoms with van der Waals surface area (Å²) in [6, 6.07) is 16.0. The number of nitrogens with zero attached hydrogens (tertiary/aromatic N) is 1. The van der Waals surface area contributed by atoms with Gasteiger partial charge in [-0.25, -0.2) is 4.39 Å². The Morgan fingerprint density at radius 1 is 1.00 bits per heavy atom. The van der Waals surface area contributed by atoms with Crippen LogP contribution in [0.3, 0.4) is 0 Å². The molecule has 1 amide bonds. The highest BCUT2D eigenvalue weighted by Crippen LogP contribution is 2.39. The van der Waals surface area contributed by atoms with Crippen LogP contribution in [0.15, 0.2) is 75.9 Å². The van der Waals surface area contributed by atoms with Crippen LogP contribution in [0.4, 0.5) is 4.39 Å². The fourth-order valence-electron chi connectivity index (χ4n) is 3.95. The molecule has 1 aromatic heterocycles. The first-order chi connectivity index (χ1) is 14.9. The van der Waals surface area contributed by atoms with Crippen LogP contribution >= 0.6 is 11.6 Å². The second-order valence-corrected chi connectivity index (χ2v) is 7.80. The Morgan fingerprint density at radius 2 is 1.71 bits per heavy atom. The van der Waals surface area contributed by atoms with Crippen LogP contribution in [-0.4, -0.2) is 15.9 Å². The minimum absolute atomic E-state index is 0.0278. The maximum atomic E-state index is 13.4. The lowest BCUT2D eigenvalue weighted by molar-refractivity contribution is 0.0714. The summed E-state index contributed by atoms with van der Waals surface area (Å²) in [5.74, 6) is -0.781. The van der Waals surface area contributed by atoms with E-state index in [1.54, 1.807) is 36.4 Å². The number of phenols is 1. The second-order valence-electron chi connectivity index (χ2n) is 7.37. The van der Waals surface area contributed by atoms with Crippen LogP contribution in [0.2, 0.25) is 5.02 Å². The van der Waals surface area contributed by atoms with Crippen molar-refractivity contribution in [3.8, 4) is 5.75 Å². The number of benzene rings is 3. The van der Waals surface area contributed by atoms with Crippen molar-refractivity contribution in [3.05, 3.63) is 110 Å². The predicted octanol–water partition coefficient (Wildman–Crippen LogP) is 5.04. The van der Waals surface area contributed by atoms with Gasteiger partial charge in [-0.15, -0.1) is 0 Å². The molecule has 0 fully saturated rings. The highest BCUT2D eigenvalue weighted by atomic mass is 35.5. The molecule has 31 heavy (non-hydrogen) atoms. The first-order valence-electron chi connectivity index (χ1n) is 9.53. The number of fused-ring (bicyclic) bond motifs is 2. The van der Waals surface area contributed by atoms with Crippen molar-refractivity contribution in [1.29, 1.82) is 0 Å². The van der Waals surface area contributed by atoms with Crippen LogP contribution in [-0.2, 0) is 6.54 Å². The van der Waals surface area contributed by atoms with Crippen molar-refractivity contribution >= 4 is 28.5 Å². The van der Waals surface area contributed by atoms with Crippen molar-refractivity contribution in [1.82, 2.24) is 4.90 Å². The molecule has 0 spiro atoms. The first-order valence-corrected chi connectivity index (χ1v) is 9.91. The number of amides is 1. The van der Waals surface area contributed by atoms with E-state index in [1.807, 2.05) is 0 Å². The maximum absolute atomic E-state index is 13.4. The summed E-state index contributed by atoms with van der Waals surface area (Å²) in [6.45, 7) is 0.144. The van der Waals surface area contributed by atoms with E-state index < -0.39 is 11.9 Å². The molecule has 1 aliphatic heterocycles. The molecule has 2 heterocycles. The van der Waals surface area contributed by atoms with Gasteiger partial charge in [0.2, 0.25) is 5.76 Å². The Morgan fingerprint density at radius 3 is 2.42 bits per heavy atom. The number of hydrogen-bond donors (Lipinski definition) is 1. The van der Waals surface area contributed by atoms with E-state index in [9.17, 15) is 19.1 Å². The van der Waals surface area contributed by atoms with Crippen molar-refractivity contribution in [2.45, 2.75) is 12.6 Å². The Labute approximate surface area is 180 Å². The number of carbonyl (C=O) groups is 1. The van der Waals surface area contributed by atoms with E-state index in [2.05, 4.69) is 0 Å². The third-order valence-electron chi connectivity index (χ3n) is 5.40. The molecule has 7 heteroatoms. The van der Waals surface area contributed by atoms with E-state index in [0.29, 0.717) is 16.1 Å². The number of phenolic OH excluding ortho intramolecular Hbond substituents is 1. The Balaban J connectivity index is 1.72. The van der Waals surface area contributed by atoms with E-state index in [0.717, 1.165) is 0 Å². The fraction of sp³-hybridized carbons (Fsp3) is 0.0833. The highest BCUT2D eigenvalue weighted by molar-refractivity contribution is 6.31. The molecule has 3 aromatic carbocycles. The van der Waals surface area contributed by atoms with Crippen molar-refractivity contribution < 1.29 is 18.7 Å². The molecule has 154 valence electrons. The monoisotopic (exact) mass is 435 g/mol. The van der Waals surface area contributed by atoms with Crippen LogP contribution in [0.5, 0.6) is 5.75 Å². The van der Waals surface area contributed by atoms with Crippen LogP contribution in [0.25, 0.3) is 11.0 Å². The van der Waals surface area contributed by atoms with Gasteiger partial charge in [-0.05, 0) is 53.6 Å². The molecule has 0 aliphatic carbocycles. The van der Waals surface area contributed by atoms with E-state index in [1.165, 1.54) is 35.2 Å². The summed E-state index contributed by atoms with van der Waals surface area (Å²) in [6.07, 6.45) is 0. The molecule has 4 aromatic rings. The van der Waals surface area contributed by atoms with Gasteiger partial charge in [-0.1, -0.05) is 35.9 Å². The molecular weight excluding hydrogens is 421 g/mol. The molecule has 0 radical (unpaired) electrons. The number of aromatic hydroxyl groups is 1. The Kier molecular flexibility index (Phi) is 4.52. The van der Waals surface area contributed by atoms with Gasteiger partial charge < -0.3 is 14.4 Å². The highest BCUT2D eigenvalue weighted by Gasteiger charge is 2.42. The molecule has 5 rings (SSSR count). The SMILES string of the molecule is O=C1c2oc3ccc(Cl)cc3c(=O)c2[C@@H](c2ccc(O)cc2)N1Cc1ccc(F)cc1. The third-order valence-corrected chi connectivity index (χ3v) is 5.64. The average molecular weight is 436 g/mol. The predicted molar refractivity (Wildman–Crippen MR) is 114 cm³/mol. The summed E-state index contributed by atoms with van der Waals surface area (Å²) in [5.41, 5.74) is 1.49. The molecule has 0 unspecified atom stereocenters. The average Bonchev–Trinajstić information content (AvgIpc) is 3.03. The molecule has 0 saturated carbocycles. The van der Waals surface area contributed by atoms with Gasteiger partial charge in [-0.3, -0.25) is 9.59 Å². The Hall–Kier alpha value is -3.64. The van der Waals surface area contributed by atoms with Gasteiger partial charge in [0.15, 0.2) is 5.43 Å². The maximum Gasteiger partial charge on any atom is 0.291 e. The normalized spacial score (nSPS) is 15.5. The van der Waals surface area contributed by atoms with Gasteiger partial charge in [0, 0.05) is 11.6 Å². The van der Waals surface area contributed by atoms with Gasteiger partial charge in [-0.2, -0.15) is 0 Å². The van der Waals surface area contributed by atoms with Crippen LogP contribution < -0.4 is 5.43 Å². The summed E-state index contributed by atoms with van der Waals surface area (Å²) < 4.78 is 19.2. The lowest BCUT2D eigenvalue weighted by Crippen LogP contribution is -2.29. The summed E-state index contributed by atoms with van der Waals surface area (Å²) in [4.78, 5) is 28.2. The number of carbonyl (C=O) groups excluding carboxylic acids is 1. The smallest absolute Gasteiger partial charge is 0.291 e. The minimum atomic E-state index is -0.729. The largest absolute Gasteiger partial charge is 0.508 e. The third kappa shape index (κ3) is 3.25. The zero-order chi connectivity index (χ0) is 21.7. The van der Waals surface area contributed by atoms with E-state index >= 15 is 0 Å². The quantitative estimate of drug-likeness (QED) is 0.489.